The number of ether oxygens (including phenoxy) is 1. The van der Waals surface area contributed by atoms with Gasteiger partial charge in [0.25, 0.3) is 0 Å². The molecule has 180 valence electrons. The van der Waals surface area contributed by atoms with Crippen molar-refractivity contribution < 1.29 is 27.8 Å². The summed E-state index contributed by atoms with van der Waals surface area (Å²) in [5.74, 6) is -0.00596. The molecular formula is C22H23F3N6O3. The molecule has 1 aliphatic heterocycles. The van der Waals surface area contributed by atoms with E-state index in [1.807, 2.05) is 6.07 Å². The Kier molecular flexibility index (Phi) is 5.27. The number of hydrogen-bond acceptors (Lipinski definition) is 6. The first-order chi connectivity index (χ1) is 16.2. The number of aromatic amines is 1. The highest BCUT2D eigenvalue weighted by molar-refractivity contribution is 5.91. The summed E-state index contributed by atoms with van der Waals surface area (Å²) in [5.41, 5.74) is 0.679. The minimum absolute atomic E-state index is 0.00596. The van der Waals surface area contributed by atoms with Crippen LogP contribution in [0.25, 0.3) is 11.0 Å². The highest BCUT2D eigenvalue weighted by atomic mass is 19.4. The normalized spacial score (nSPS) is 17.4. The fraction of sp³-hybridized carbons (Fsp3) is 0.409. The molecule has 34 heavy (non-hydrogen) atoms. The SMILES string of the molecule is COc1c(CO)cc(C(F)(F)F)cc1NC(=O)NC1CC2(C1)CN(c1cnc3[nH]ncc3c1)C2. The molecule has 0 atom stereocenters. The van der Waals surface area contributed by atoms with E-state index in [0.29, 0.717) is 0 Å². The molecule has 1 saturated heterocycles. The van der Waals surface area contributed by atoms with Crippen molar-refractivity contribution in [1.29, 1.82) is 0 Å². The summed E-state index contributed by atoms with van der Waals surface area (Å²) >= 11 is 0. The molecule has 3 heterocycles. The summed E-state index contributed by atoms with van der Waals surface area (Å²) in [7, 11) is 1.27. The lowest BCUT2D eigenvalue weighted by molar-refractivity contribution is -0.137. The summed E-state index contributed by atoms with van der Waals surface area (Å²) in [6.07, 6.45) is 0.460. The Balaban J connectivity index is 1.18. The Labute approximate surface area is 192 Å². The Morgan fingerprint density at radius 1 is 1.29 bits per heavy atom. The Morgan fingerprint density at radius 3 is 2.74 bits per heavy atom. The summed E-state index contributed by atoms with van der Waals surface area (Å²) in [6.45, 7) is 1.03. The number of aromatic nitrogens is 3. The first kappa shape index (κ1) is 22.3. The highest BCUT2D eigenvalue weighted by Gasteiger charge is 2.52. The molecule has 3 aromatic rings. The van der Waals surface area contributed by atoms with Crippen LogP contribution in [-0.4, -0.2) is 52.6 Å². The molecule has 0 bridgehead atoms. The van der Waals surface area contributed by atoms with Gasteiger partial charge < -0.3 is 25.4 Å². The van der Waals surface area contributed by atoms with Crippen molar-refractivity contribution >= 4 is 28.4 Å². The quantitative estimate of drug-likeness (QED) is 0.449. The van der Waals surface area contributed by atoms with Gasteiger partial charge in [0.15, 0.2) is 5.65 Å². The largest absolute Gasteiger partial charge is 0.494 e. The number of aliphatic hydroxyl groups is 1. The van der Waals surface area contributed by atoms with Crippen molar-refractivity contribution in [2.24, 2.45) is 5.41 Å². The van der Waals surface area contributed by atoms with Crippen molar-refractivity contribution in [3.63, 3.8) is 0 Å². The van der Waals surface area contributed by atoms with E-state index in [2.05, 4.69) is 30.7 Å². The van der Waals surface area contributed by atoms with Crippen LogP contribution in [0.5, 0.6) is 5.75 Å². The van der Waals surface area contributed by atoms with Crippen LogP contribution in [0.15, 0.2) is 30.6 Å². The van der Waals surface area contributed by atoms with E-state index >= 15 is 0 Å². The molecule has 1 spiro atoms. The second kappa shape index (κ2) is 8.05. The molecule has 2 amide bonds. The zero-order valence-electron chi connectivity index (χ0n) is 18.2. The lowest BCUT2D eigenvalue weighted by Gasteiger charge is -2.59. The van der Waals surface area contributed by atoms with E-state index in [0.717, 1.165) is 54.8 Å². The third-order valence-electron chi connectivity index (χ3n) is 6.50. The van der Waals surface area contributed by atoms with Gasteiger partial charge in [0.2, 0.25) is 0 Å². The van der Waals surface area contributed by atoms with E-state index in [9.17, 15) is 23.1 Å². The van der Waals surface area contributed by atoms with Gasteiger partial charge >= 0.3 is 12.2 Å². The van der Waals surface area contributed by atoms with Crippen LogP contribution in [-0.2, 0) is 12.8 Å². The molecule has 9 nitrogen and oxygen atoms in total. The fourth-order valence-electron chi connectivity index (χ4n) is 4.94. The van der Waals surface area contributed by atoms with E-state index in [1.54, 1.807) is 12.4 Å². The number of amides is 2. The van der Waals surface area contributed by atoms with Gasteiger partial charge in [0, 0.05) is 35.5 Å². The van der Waals surface area contributed by atoms with Crippen LogP contribution in [0.1, 0.15) is 24.0 Å². The summed E-state index contributed by atoms with van der Waals surface area (Å²) in [5, 5.41) is 22.4. The minimum Gasteiger partial charge on any atom is -0.494 e. The van der Waals surface area contributed by atoms with Gasteiger partial charge in [-0.25, -0.2) is 9.78 Å². The number of alkyl halides is 3. The number of halogens is 3. The first-order valence-corrected chi connectivity index (χ1v) is 10.7. The Bertz CT molecular complexity index is 1230. The molecule has 0 radical (unpaired) electrons. The van der Waals surface area contributed by atoms with Crippen LogP contribution < -0.4 is 20.3 Å². The predicted molar refractivity (Wildman–Crippen MR) is 118 cm³/mol. The molecule has 2 aliphatic rings. The number of anilines is 2. The first-order valence-electron chi connectivity index (χ1n) is 10.7. The molecule has 2 fully saturated rings. The van der Waals surface area contributed by atoms with Gasteiger partial charge in [0.05, 0.1) is 43.0 Å². The third-order valence-corrected chi connectivity index (χ3v) is 6.50. The number of nitrogens with one attached hydrogen (secondary N) is 3. The number of H-pyrrole nitrogens is 1. The van der Waals surface area contributed by atoms with Crippen LogP contribution in [0.3, 0.4) is 0 Å². The topological polar surface area (TPSA) is 115 Å². The van der Waals surface area contributed by atoms with Crippen molar-refractivity contribution in [2.45, 2.75) is 31.7 Å². The number of pyridine rings is 1. The van der Waals surface area contributed by atoms with E-state index in [1.165, 1.54) is 7.11 Å². The Hall–Kier alpha value is -3.54. The number of hydrogen-bond donors (Lipinski definition) is 4. The zero-order valence-corrected chi connectivity index (χ0v) is 18.2. The van der Waals surface area contributed by atoms with Crippen LogP contribution in [0.4, 0.5) is 29.3 Å². The summed E-state index contributed by atoms with van der Waals surface area (Å²) in [4.78, 5) is 19.1. The molecular weight excluding hydrogens is 453 g/mol. The number of nitrogens with zero attached hydrogens (tertiary/aromatic N) is 3. The average Bonchev–Trinajstić information content (AvgIpc) is 3.21. The van der Waals surface area contributed by atoms with Gasteiger partial charge in [-0.05, 0) is 31.0 Å². The van der Waals surface area contributed by atoms with Crippen molar-refractivity contribution in [1.82, 2.24) is 20.5 Å². The average molecular weight is 476 g/mol. The molecule has 1 saturated carbocycles. The van der Waals surface area contributed by atoms with Gasteiger partial charge in [-0.2, -0.15) is 18.3 Å². The lowest BCUT2D eigenvalue weighted by Crippen LogP contribution is -2.67. The molecule has 1 aliphatic carbocycles. The van der Waals surface area contributed by atoms with Gasteiger partial charge in [0.1, 0.15) is 5.75 Å². The molecule has 2 aromatic heterocycles. The number of carbonyl (C=O) groups is 1. The molecule has 1 aromatic carbocycles. The Morgan fingerprint density at radius 2 is 2.06 bits per heavy atom. The fourth-order valence-corrected chi connectivity index (χ4v) is 4.94. The van der Waals surface area contributed by atoms with Gasteiger partial charge in [-0.1, -0.05) is 0 Å². The number of urea groups is 1. The second-order valence-corrected chi connectivity index (χ2v) is 8.93. The molecule has 0 unspecified atom stereocenters. The van der Waals surface area contributed by atoms with Crippen molar-refractivity contribution in [2.75, 3.05) is 30.4 Å². The zero-order chi connectivity index (χ0) is 24.1. The summed E-state index contributed by atoms with van der Waals surface area (Å²) in [6, 6.07) is 2.94. The number of aliphatic hydroxyl groups excluding tert-OH is 1. The summed E-state index contributed by atoms with van der Waals surface area (Å²) < 4.78 is 44.8. The standard InChI is InChI=1S/C22H23F3N6O3/c1-34-18-13(9-32)2-14(22(23,24)25)4-17(18)29-20(33)28-15-5-21(6-15)10-31(11-21)16-3-12-7-27-30-19(12)26-8-16/h2-4,7-8,15,32H,5-6,9-11H2,1H3,(H,26,27,30)(H2,28,29,33). The molecule has 5 rings (SSSR count). The van der Waals surface area contributed by atoms with Crippen LogP contribution in [0.2, 0.25) is 0 Å². The molecule has 4 N–H and O–H groups in total. The highest BCUT2D eigenvalue weighted by Crippen LogP contribution is 2.49. The number of rotatable bonds is 5. The maximum absolute atomic E-state index is 13.2. The third kappa shape index (κ3) is 3.98. The van der Waals surface area contributed by atoms with Crippen molar-refractivity contribution in [3.8, 4) is 5.75 Å². The second-order valence-electron chi connectivity index (χ2n) is 8.93. The number of methoxy groups -OCH3 is 1. The van der Waals surface area contributed by atoms with Gasteiger partial charge in [-0.3, -0.25) is 5.10 Å². The number of fused-ring (bicyclic) bond motifs is 1. The van der Waals surface area contributed by atoms with Crippen molar-refractivity contribution in [3.05, 3.63) is 41.7 Å². The van der Waals surface area contributed by atoms with Crippen LogP contribution >= 0.6 is 0 Å². The lowest BCUT2D eigenvalue weighted by atomic mass is 9.60. The maximum atomic E-state index is 13.2. The number of carbonyl (C=O) groups excluding carboxylic acids is 1. The number of benzene rings is 1. The van der Waals surface area contributed by atoms with Gasteiger partial charge in [-0.15, -0.1) is 0 Å². The van der Waals surface area contributed by atoms with Crippen LogP contribution in [0, 0.1) is 5.41 Å². The van der Waals surface area contributed by atoms with E-state index in [4.69, 9.17) is 4.74 Å². The molecule has 12 heteroatoms. The smallest absolute Gasteiger partial charge is 0.416 e. The predicted octanol–water partition coefficient (Wildman–Crippen LogP) is 3.27. The monoisotopic (exact) mass is 476 g/mol. The maximum Gasteiger partial charge on any atom is 0.416 e. The van der Waals surface area contributed by atoms with E-state index < -0.39 is 24.4 Å². The minimum atomic E-state index is -4.63. The van der Waals surface area contributed by atoms with E-state index in [-0.39, 0.29) is 28.5 Å².